The van der Waals surface area contributed by atoms with Crippen LogP contribution < -0.4 is 4.74 Å². The predicted molar refractivity (Wildman–Crippen MR) is 88.6 cm³/mol. The van der Waals surface area contributed by atoms with Crippen LogP contribution in [-0.2, 0) is 0 Å². The number of hydrogen-bond acceptors (Lipinski definition) is 1. The number of nitrogens with zero attached hydrogens (tertiary/aromatic N) is 1. The van der Waals surface area contributed by atoms with E-state index in [1.165, 1.54) is 36.7 Å². The third-order valence-electron chi connectivity index (χ3n) is 4.59. The summed E-state index contributed by atoms with van der Waals surface area (Å²) in [5, 5.41) is 2.51. The SMILES string of the molecule is C=CC[N+]1(CCOc2ccc3ccccc3c2)CCCC1. The Bertz CT molecular complexity index is 614. The molecule has 1 aliphatic rings. The zero-order chi connectivity index (χ0) is 14.5. The quantitative estimate of drug-likeness (QED) is 0.574. The van der Waals surface area contributed by atoms with Crippen LogP contribution in [0, 0.1) is 0 Å². The second-order valence-corrected chi connectivity index (χ2v) is 6.05. The van der Waals surface area contributed by atoms with Crippen molar-refractivity contribution in [2.24, 2.45) is 0 Å². The molecule has 0 spiro atoms. The molecule has 3 rings (SSSR count). The molecule has 1 aliphatic heterocycles. The van der Waals surface area contributed by atoms with E-state index in [1.807, 2.05) is 0 Å². The van der Waals surface area contributed by atoms with Gasteiger partial charge < -0.3 is 9.22 Å². The van der Waals surface area contributed by atoms with Gasteiger partial charge in [0, 0.05) is 12.8 Å². The highest BCUT2D eigenvalue weighted by Gasteiger charge is 2.30. The molecule has 1 heterocycles. The molecule has 0 atom stereocenters. The van der Waals surface area contributed by atoms with Gasteiger partial charge in [-0.15, -0.1) is 0 Å². The van der Waals surface area contributed by atoms with Crippen molar-refractivity contribution in [2.45, 2.75) is 12.8 Å². The fourth-order valence-electron chi connectivity index (χ4n) is 3.39. The Morgan fingerprint density at radius 1 is 1.05 bits per heavy atom. The van der Waals surface area contributed by atoms with Crippen LogP contribution in [0.1, 0.15) is 12.8 Å². The van der Waals surface area contributed by atoms with Gasteiger partial charge in [-0.05, 0) is 29.0 Å². The molecule has 2 nitrogen and oxygen atoms in total. The fourth-order valence-corrected chi connectivity index (χ4v) is 3.39. The highest BCUT2D eigenvalue weighted by Crippen LogP contribution is 2.22. The highest BCUT2D eigenvalue weighted by atomic mass is 16.5. The fraction of sp³-hybridized carbons (Fsp3) is 0.368. The number of quaternary nitrogens is 1. The van der Waals surface area contributed by atoms with Crippen molar-refractivity contribution >= 4 is 10.8 Å². The Balaban J connectivity index is 1.62. The van der Waals surface area contributed by atoms with E-state index in [0.717, 1.165) is 29.9 Å². The highest BCUT2D eigenvalue weighted by molar-refractivity contribution is 5.83. The molecule has 0 N–H and O–H groups in total. The Hall–Kier alpha value is -1.80. The van der Waals surface area contributed by atoms with E-state index in [4.69, 9.17) is 4.74 Å². The van der Waals surface area contributed by atoms with Crippen molar-refractivity contribution in [3.05, 3.63) is 55.1 Å². The van der Waals surface area contributed by atoms with E-state index in [1.54, 1.807) is 0 Å². The maximum absolute atomic E-state index is 6.00. The molecule has 0 saturated carbocycles. The molecule has 1 fully saturated rings. The van der Waals surface area contributed by atoms with Gasteiger partial charge in [-0.3, -0.25) is 0 Å². The maximum atomic E-state index is 6.00. The molecule has 2 aromatic carbocycles. The summed E-state index contributed by atoms with van der Waals surface area (Å²) < 4.78 is 7.15. The summed E-state index contributed by atoms with van der Waals surface area (Å²) in [5.41, 5.74) is 0. The number of fused-ring (bicyclic) bond motifs is 1. The largest absolute Gasteiger partial charge is 0.488 e. The van der Waals surface area contributed by atoms with Gasteiger partial charge in [0.15, 0.2) is 0 Å². The minimum absolute atomic E-state index is 0.784. The minimum Gasteiger partial charge on any atom is -0.488 e. The van der Waals surface area contributed by atoms with Gasteiger partial charge in [0.2, 0.25) is 0 Å². The molecule has 0 radical (unpaired) electrons. The molecule has 2 heteroatoms. The normalized spacial score (nSPS) is 17.0. The van der Waals surface area contributed by atoms with Crippen LogP contribution in [-0.4, -0.2) is 37.3 Å². The number of rotatable bonds is 6. The topological polar surface area (TPSA) is 9.23 Å². The van der Waals surface area contributed by atoms with Crippen molar-refractivity contribution in [3.8, 4) is 5.75 Å². The van der Waals surface area contributed by atoms with Gasteiger partial charge in [0.05, 0.1) is 19.6 Å². The first kappa shape index (κ1) is 14.2. The Labute approximate surface area is 127 Å². The third kappa shape index (κ3) is 3.27. The third-order valence-corrected chi connectivity index (χ3v) is 4.59. The van der Waals surface area contributed by atoms with Gasteiger partial charge in [-0.1, -0.05) is 36.9 Å². The smallest absolute Gasteiger partial charge is 0.137 e. The average molecular weight is 282 g/mol. The zero-order valence-corrected chi connectivity index (χ0v) is 12.6. The lowest BCUT2D eigenvalue weighted by Gasteiger charge is -2.33. The van der Waals surface area contributed by atoms with E-state index in [0.29, 0.717) is 0 Å². The van der Waals surface area contributed by atoms with Gasteiger partial charge in [-0.25, -0.2) is 0 Å². The summed E-state index contributed by atoms with van der Waals surface area (Å²) in [5.74, 6) is 0.977. The number of likely N-dealkylation sites (tertiary alicyclic amines) is 1. The van der Waals surface area contributed by atoms with Crippen molar-refractivity contribution in [1.29, 1.82) is 0 Å². The number of hydrogen-bond donors (Lipinski definition) is 0. The first-order valence-electron chi connectivity index (χ1n) is 7.89. The second-order valence-electron chi connectivity index (χ2n) is 6.05. The Morgan fingerprint density at radius 3 is 2.57 bits per heavy atom. The molecule has 2 aromatic rings. The summed E-state index contributed by atoms with van der Waals surface area (Å²) in [7, 11) is 0. The molecule has 110 valence electrons. The van der Waals surface area contributed by atoms with Crippen molar-refractivity contribution < 1.29 is 9.22 Å². The average Bonchev–Trinajstić information content (AvgIpc) is 2.96. The van der Waals surface area contributed by atoms with Crippen LogP contribution in [0.15, 0.2) is 55.1 Å². The lowest BCUT2D eigenvalue weighted by atomic mass is 10.1. The summed E-state index contributed by atoms with van der Waals surface area (Å²) in [6, 6.07) is 14.7. The van der Waals surface area contributed by atoms with E-state index in [-0.39, 0.29) is 0 Å². The van der Waals surface area contributed by atoms with Crippen molar-refractivity contribution in [2.75, 3.05) is 32.8 Å². The number of ether oxygens (including phenoxy) is 1. The van der Waals surface area contributed by atoms with Gasteiger partial charge in [0.1, 0.15) is 18.9 Å². The molecule has 21 heavy (non-hydrogen) atoms. The lowest BCUT2D eigenvalue weighted by Crippen LogP contribution is -2.47. The molecule has 0 unspecified atom stereocenters. The first-order valence-corrected chi connectivity index (χ1v) is 7.89. The van der Waals surface area contributed by atoms with Gasteiger partial charge in [-0.2, -0.15) is 0 Å². The van der Waals surface area contributed by atoms with Gasteiger partial charge in [0.25, 0.3) is 0 Å². The molecule has 0 bridgehead atoms. The molecule has 0 amide bonds. The minimum atomic E-state index is 0.784. The zero-order valence-electron chi connectivity index (χ0n) is 12.6. The molecule has 0 aliphatic carbocycles. The van der Waals surface area contributed by atoms with E-state index in [2.05, 4.69) is 55.1 Å². The summed E-state index contributed by atoms with van der Waals surface area (Å²) in [6.45, 7) is 9.39. The maximum Gasteiger partial charge on any atom is 0.137 e. The molecular weight excluding hydrogens is 258 g/mol. The van der Waals surface area contributed by atoms with Crippen LogP contribution in [0.4, 0.5) is 0 Å². The van der Waals surface area contributed by atoms with Crippen LogP contribution in [0.25, 0.3) is 10.8 Å². The summed E-state index contributed by atoms with van der Waals surface area (Å²) in [4.78, 5) is 0. The van der Waals surface area contributed by atoms with Crippen LogP contribution in [0.3, 0.4) is 0 Å². The van der Waals surface area contributed by atoms with Gasteiger partial charge >= 0.3 is 0 Å². The molecular formula is C19H24NO+. The van der Waals surface area contributed by atoms with E-state index in [9.17, 15) is 0 Å². The van der Waals surface area contributed by atoms with Crippen LogP contribution >= 0.6 is 0 Å². The monoisotopic (exact) mass is 282 g/mol. The molecule has 1 saturated heterocycles. The standard InChI is InChI=1S/C19H24NO/c1-2-11-20(12-5-6-13-20)14-15-21-19-10-9-17-7-3-4-8-18(17)16-19/h2-4,7-10,16H,1,5-6,11-15H2/q+1. The lowest BCUT2D eigenvalue weighted by molar-refractivity contribution is -0.911. The second kappa shape index (κ2) is 6.31. The summed E-state index contributed by atoms with van der Waals surface area (Å²) >= 11 is 0. The first-order chi connectivity index (χ1) is 10.3. The Morgan fingerprint density at radius 2 is 1.81 bits per heavy atom. The van der Waals surface area contributed by atoms with Crippen LogP contribution in [0.5, 0.6) is 5.75 Å². The van der Waals surface area contributed by atoms with Crippen molar-refractivity contribution in [1.82, 2.24) is 0 Å². The van der Waals surface area contributed by atoms with E-state index >= 15 is 0 Å². The number of benzene rings is 2. The van der Waals surface area contributed by atoms with E-state index < -0.39 is 0 Å². The van der Waals surface area contributed by atoms with Crippen LogP contribution in [0.2, 0.25) is 0 Å². The molecule has 0 aromatic heterocycles. The Kier molecular flexibility index (Phi) is 4.26. The van der Waals surface area contributed by atoms with Crippen molar-refractivity contribution in [3.63, 3.8) is 0 Å². The summed E-state index contributed by atoms with van der Waals surface area (Å²) in [6.07, 6.45) is 4.73. The predicted octanol–water partition coefficient (Wildman–Crippen LogP) is 4.02.